The molecule has 0 amide bonds. The molecule has 3 nitrogen and oxygen atoms in total. The first kappa shape index (κ1) is 15.1. The summed E-state index contributed by atoms with van der Waals surface area (Å²) in [5, 5.41) is 5.56. The number of ether oxygens (including phenoxy) is 1. The SMILES string of the molecule is CC(NCCOCCN(C)C)c1sccc1Br. The summed E-state index contributed by atoms with van der Waals surface area (Å²) in [6, 6.07) is 2.47. The van der Waals surface area contributed by atoms with Crippen LogP contribution < -0.4 is 5.32 Å². The fourth-order valence-electron chi connectivity index (χ4n) is 1.40. The van der Waals surface area contributed by atoms with Gasteiger partial charge in [0.05, 0.1) is 13.2 Å². The molecule has 0 aliphatic heterocycles. The van der Waals surface area contributed by atoms with E-state index in [2.05, 4.69) is 58.6 Å². The van der Waals surface area contributed by atoms with Crippen LogP contribution >= 0.6 is 27.3 Å². The lowest BCUT2D eigenvalue weighted by Crippen LogP contribution is -2.25. The third-order valence-corrected chi connectivity index (χ3v) is 4.47. The van der Waals surface area contributed by atoms with Gasteiger partial charge in [0.2, 0.25) is 0 Å². The van der Waals surface area contributed by atoms with Crippen LogP contribution in [-0.4, -0.2) is 45.3 Å². The topological polar surface area (TPSA) is 24.5 Å². The summed E-state index contributed by atoms with van der Waals surface area (Å²) in [4.78, 5) is 3.47. The molecule has 0 spiro atoms. The molecule has 0 radical (unpaired) electrons. The van der Waals surface area contributed by atoms with Crippen LogP contribution in [0.3, 0.4) is 0 Å². The highest BCUT2D eigenvalue weighted by molar-refractivity contribution is 9.10. The van der Waals surface area contributed by atoms with Crippen molar-refractivity contribution in [1.82, 2.24) is 10.2 Å². The van der Waals surface area contributed by atoms with Gasteiger partial charge in [0.1, 0.15) is 0 Å². The van der Waals surface area contributed by atoms with E-state index in [1.807, 2.05) is 0 Å². The number of likely N-dealkylation sites (N-methyl/N-ethyl adjacent to an activating group) is 1. The maximum atomic E-state index is 5.53. The molecule has 1 rings (SSSR count). The van der Waals surface area contributed by atoms with Gasteiger partial charge in [0, 0.05) is 28.5 Å². The van der Waals surface area contributed by atoms with Gasteiger partial charge in [-0.05, 0) is 48.4 Å². The zero-order chi connectivity index (χ0) is 12.7. The number of thiophene rings is 1. The first-order valence-corrected chi connectivity index (χ1v) is 7.47. The Kier molecular flexibility index (Phi) is 7.30. The predicted molar refractivity (Wildman–Crippen MR) is 77.8 cm³/mol. The molecule has 5 heteroatoms. The van der Waals surface area contributed by atoms with Crippen LogP contribution in [0.15, 0.2) is 15.9 Å². The second-order valence-electron chi connectivity index (χ2n) is 4.22. The maximum absolute atomic E-state index is 5.53. The van der Waals surface area contributed by atoms with Crippen molar-refractivity contribution in [3.63, 3.8) is 0 Å². The molecule has 98 valence electrons. The van der Waals surface area contributed by atoms with E-state index in [1.54, 1.807) is 11.3 Å². The van der Waals surface area contributed by atoms with E-state index >= 15 is 0 Å². The normalized spacial score (nSPS) is 13.2. The smallest absolute Gasteiger partial charge is 0.0593 e. The molecule has 0 fully saturated rings. The second-order valence-corrected chi connectivity index (χ2v) is 6.03. The van der Waals surface area contributed by atoms with Crippen LogP contribution in [0.5, 0.6) is 0 Å². The van der Waals surface area contributed by atoms with E-state index < -0.39 is 0 Å². The monoisotopic (exact) mass is 320 g/mol. The van der Waals surface area contributed by atoms with E-state index in [4.69, 9.17) is 4.74 Å². The molecule has 1 unspecified atom stereocenters. The first-order chi connectivity index (χ1) is 8.11. The third kappa shape index (κ3) is 5.97. The molecule has 0 aliphatic carbocycles. The molecule has 0 aromatic carbocycles. The summed E-state index contributed by atoms with van der Waals surface area (Å²) in [6.07, 6.45) is 0. The number of rotatable bonds is 8. The zero-order valence-corrected chi connectivity index (χ0v) is 13.1. The maximum Gasteiger partial charge on any atom is 0.0593 e. The second kappa shape index (κ2) is 8.21. The number of nitrogens with one attached hydrogen (secondary N) is 1. The molecule has 17 heavy (non-hydrogen) atoms. The Bertz CT molecular complexity index is 317. The minimum atomic E-state index is 0.377. The Morgan fingerprint density at radius 2 is 2.24 bits per heavy atom. The average molecular weight is 321 g/mol. The molecule has 1 aromatic heterocycles. The van der Waals surface area contributed by atoms with Crippen LogP contribution in [0.25, 0.3) is 0 Å². The van der Waals surface area contributed by atoms with Gasteiger partial charge < -0.3 is 15.0 Å². The van der Waals surface area contributed by atoms with Crippen molar-refractivity contribution in [2.75, 3.05) is 40.4 Å². The minimum Gasteiger partial charge on any atom is -0.379 e. The van der Waals surface area contributed by atoms with E-state index in [9.17, 15) is 0 Å². The van der Waals surface area contributed by atoms with Gasteiger partial charge in [-0.3, -0.25) is 0 Å². The standard InChI is InChI=1S/C12H21BrN2OS/c1-10(12-11(13)4-9-17-12)14-5-7-16-8-6-15(2)3/h4,9-10,14H,5-8H2,1-3H3. The number of halogens is 1. The fourth-order valence-corrected chi connectivity index (χ4v) is 3.15. The molecular weight excluding hydrogens is 300 g/mol. The highest BCUT2D eigenvalue weighted by Gasteiger charge is 2.09. The van der Waals surface area contributed by atoms with Crippen molar-refractivity contribution >= 4 is 27.3 Å². The first-order valence-electron chi connectivity index (χ1n) is 5.80. The Morgan fingerprint density at radius 3 is 2.82 bits per heavy atom. The highest BCUT2D eigenvalue weighted by atomic mass is 79.9. The quantitative estimate of drug-likeness (QED) is 0.745. The van der Waals surface area contributed by atoms with Crippen molar-refractivity contribution in [2.45, 2.75) is 13.0 Å². The largest absolute Gasteiger partial charge is 0.379 e. The summed E-state index contributed by atoms with van der Waals surface area (Å²) in [6.45, 7) is 5.61. The van der Waals surface area contributed by atoms with Gasteiger partial charge in [-0.25, -0.2) is 0 Å². The fraction of sp³-hybridized carbons (Fsp3) is 0.667. The molecule has 0 aliphatic rings. The van der Waals surface area contributed by atoms with Gasteiger partial charge in [0.25, 0.3) is 0 Å². The zero-order valence-electron chi connectivity index (χ0n) is 10.7. The molecule has 0 bridgehead atoms. The molecule has 1 N–H and O–H groups in total. The van der Waals surface area contributed by atoms with E-state index in [0.717, 1.165) is 26.3 Å². The molecule has 1 atom stereocenters. The number of hydrogen-bond acceptors (Lipinski definition) is 4. The Labute approximate surface area is 116 Å². The lowest BCUT2D eigenvalue weighted by molar-refractivity contribution is 0.118. The summed E-state index contributed by atoms with van der Waals surface area (Å²) >= 11 is 5.32. The van der Waals surface area contributed by atoms with Crippen LogP contribution in [0.4, 0.5) is 0 Å². The van der Waals surface area contributed by atoms with Crippen molar-refractivity contribution in [3.8, 4) is 0 Å². The van der Waals surface area contributed by atoms with Crippen LogP contribution in [-0.2, 0) is 4.74 Å². The van der Waals surface area contributed by atoms with Crippen molar-refractivity contribution in [2.24, 2.45) is 0 Å². The lowest BCUT2D eigenvalue weighted by Gasteiger charge is -2.14. The lowest BCUT2D eigenvalue weighted by atomic mass is 10.3. The molecule has 0 saturated heterocycles. The number of nitrogens with zero attached hydrogens (tertiary/aromatic N) is 1. The van der Waals surface area contributed by atoms with Gasteiger partial charge in [0.15, 0.2) is 0 Å². The summed E-state index contributed by atoms with van der Waals surface area (Å²) in [7, 11) is 4.11. The Hall–Kier alpha value is 0.0600. The van der Waals surface area contributed by atoms with Gasteiger partial charge in [-0.15, -0.1) is 11.3 Å². The van der Waals surface area contributed by atoms with E-state index in [-0.39, 0.29) is 0 Å². The van der Waals surface area contributed by atoms with Crippen molar-refractivity contribution in [1.29, 1.82) is 0 Å². The van der Waals surface area contributed by atoms with Crippen molar-refractivity contribution < 1.29 is 4.74 Å². The molecular formula is C12H21BrN2OS. The van der Waals surface area contributed by atoms with Gasteiger partial charge in [-0.1, -0.05) is 0 Å². The average Bonchev–Trinajstić information content (AvgIpc) is 2.69. The minimum absolute atomic E-state index is 0.377. The molecule has 1 heterocycles. The van der Waals surface area contributed by atoms with Crippen molar-refractivity contribution in [3.05, 3.63) is 20.8 Å². The number of hydrogen-bond donors (Lipinski definition) is 1. The van der Waals surface area contributed by atoms with E-state index in [1.165, 1.54) is 9.35 Å². The van der Waals surface area contributed by atoms with Crippen LogP contribution in [0, 0.1) is 0 Å². The third-order valence-electron chi connectivity index (χ3n) is 2.42. The Balaban J connectivity index is 2.09. The van der Waals surface area contributed by atoms with Gasteiger partial charge >= 0.3 is 0 Å². The van der Waals surface area contributed by atoms with Crippen LogP contribution in [0.1, 0.15) is 17.8 Å². The molecule has 1 aromatic rings. The van der Waals surface area contributed by atoms with Crippen LogP contribution in [0.2, 0.25) is 0 Å². The van der Waals surface area contributed by atoms with Gasteiger partial charge in [-0.2, -0.15) is 0 Å². The predicted octanol–water partition coefficient (Wildman–Crippen LogP) is 2.74. The summed E-state index contributed by atoms with van der Waals surface area (Å²) in [5.74, 6) is 0. The summed E-state index contributed by atoms with van der Waals surface area (Å²) < 4.78 is 6.72. The Morgan fingerprint density at radius 1 is 1.47 bits per heavy atom. The molecule has 0 saturated carbocycles. The summed E-state index contributed by atoms with van der Waals surface area (Å²) in [5.41, 5.74) is 0. The highest BCUT2D eigenvalue weighted by Crippen LogP contribution is 2.28. The van der Waals surface area contributed by atoms with E-state index in [0.29, 0.717) is 6.04 Å².